The minimum absolute atomic E-state index is 0.135. The lowest BCUT2D eigenvalue weighted by molar-refractivity contribution is 0.661. The smallest absolute Gasteiger partial charge is 0.160 e. The Morgan fingerprint density at radius 2 is 1.04 bits per heavy atom. The summed E-state index contributed by atoms with van der Waals surface area (Å²) < 4.78 is 6.50. The highest BCUT2D eigenvalue weighted by atomic mass is 16.3. The highest BCUT2D eigenvalue weighted by Gasteiger charge is 2.37. The molecule has 0 fully saturated rings. The van der Waals surface area contributed by atoms with Crippen molar-refractivity contribution < 1.29 is 4.42 Å². The van der Waals surface area contributed by atoms with Crippen LogP contribution in [0.4, 0.5) is 0 Å². The lowest BCUT2D eigenvalue weighted by Gasteiger charge is -2.22. The Hall–Kier alpha value is -6.84. The van der Waals surface area contributed by atoms with E-state index in [1.807, 2.05) is 18.2 Å². The molecular formula is C51H34N2O. The molecule has 0 atom stereocenters. The van der Waals surface area contributed by atoms with Crippen LogP contribution in [-0.2, 0) is 5.41 Å². The lowest BCUT2D eigenvalue weighted by atomic mass is 9.81. The number of aromatic nitrogens is 2. The standard InChI is InChI=1S/C51H34N2O/c1-51(2)43-22-12-21-40(49(43)42-26-33-16-6-8-17-34(33)27-44(42)51)37-19-10-11-20-38(37)46-30-45(52-50(53-46)31-13-4-3-5-14-31)36-23-24-39-41-25-32-15-7-9-18-35(32)28-48(41)54-47(39)29-36/h3-30H,1-2H3. The van der Waals surface area contributed by atoms with Crippen LogP contribution in [0.3, 0.4) is 0 Å². The minimum Gasteiger partial charge on any atom is -0.456 e. The number of fused-ring (bicyclic) bond motifs is 8. The third-order valence-corrected chi connectivity index (χ3v) is 11.5. The van der Waals surface area contributed by atoms with Gasteiger partial charge >= 0.3 is 0 Å². The molecule has 254 valence electrons. The molecule has 8 aromatic carbocycles. The molecule has 0 bridgehead atoms. The van der Waals surface area contributed by atoms with Crippen LogP contribution in [0.2, 0.25) is 0 Å². The predicted molar refractivity (Wildman–Crippen MR) is 224 cm³/mol. The Kier molecular flexibility index (Phi) is 6.60. The fourth-order valence-electron chi connectivity index (χ4n) is 8.71. The van der Waals surface area contributed by atoms with Gasteiger partial charge < -0.3 is 4.42 Å². The molecule has 0 radical (unpaired) electrons. The average Bonchev–Trinajstić information content (AvgIpc) is 3.69. The van der Waals surface area contributed by atoms with Crippen molar-refractivity contribution in [2.45, 2.75) is 19.3 Å². The maximum Gasteiger partial charge on any atom is 0.160 e. The summed E-state index contributed by atoms with van der Waals surface area (Å²) in [5.74, 6) is 0.685. The maximum atomic E-state index is 6.50. The van der Waals surface area contributed by atoms with E-state index in [4.69, 9.17) is 14.4 Å². The fraction of sp³-hybridized carbons (Fsp3) is 0.0588. The normalized spacial score (nSPS) is 13.1. The third kappa shape index (κ3) is 4.68. The van der Waals surface area contributed by atoms with Crippen molar-refractivity contribution in [2.75, 3.05) is 0 Å². The Morgan fingerprint density at radius 1 is 0.407 bits per heavy atom. The lowest BCUT2D eigenvalue weighted by Crippen LogP contribution is -2.14. The molecule has 0 amide bonds. The van der Waals surface area contributed by atoms with Gasteiger partial charge in [-0.3, -0.25) is 0 Å². The Balaban J connectivity index is 1.11. The topological polar surface area (TPSA) is 38.9 Å². The summed E-state index contributed by atoms with van der Waals surface area (Å²) >= 11 is 0. The monoisotopic (exact) mass is 690 g/mol. The van der Waals surface area contributed by atoms with Crippen molar-refractivity contribution >= 4 is 43.5 Å². The zero-order chi connectivity index (χ0) is 36.0. The van der Waals surface area contributed by atoms with Crippen molar-refractivity contribution in [3.63, 3.8) is 0 Å². The zero-order valence-corrected chi connectivity index (χ0v) is 30.0. The van der Waals surface area contributed by atoms with Gasteiger partial charge in [-0.15, -0.1) is 0 Å². The summed E-state index contributed by atoms with van der Waals surface area (Å²) in [5, 5.41) is 7.11. The van der Waals surface area contributed by atoms with Crippen LogP contribution >= 0.6 is 0 Å². The summed E-state index contributed by atoms with van der Waals surface area (Å²) in [7, 11) is 0. The van der Waals surface area contributed by atoms with Gasteiger partial charge in [0.15, 0.2) is 5.82 Å². The minimum atomic E-state index is -0.135. The number of nitrogens with zero attached hydrogens (tertiary/aromatic N) is 2. The van der Waals surface area contributed by atoms with E-state index in [2.05, 4.69) is 166 Å². The Bertz CT molecular complexity index is 3130. The van der Waals surface area contributed by atoms with Gasteiger partial charge in [0.2, 0.25) is 0 Å². The maximum absolute atomic E-state index is 6.50. The molecule has 3 heteroatoms. The molecule has 10 aromatic rings. The van der Waals surface area contributed by atoms with Gasteiger partial charge in [-0.25, -0.2) is 9.97 Å². The summed E-state index contributed by atoms with van der Waals surface area (Å²) in [5.41, 5.74) is 14.0. The Morgan fingerprint density at radius 3 is 1.83 bits per heavy atom. The number of furan rings is 1. The van der Waals surface area contributed by atoms with Gasteiger partial charge in [0.25, 0.3) is 0 Å². The summed E-state index contributed by atoms with van der Waals surface area (Å²) in [6, 6.07) is 60.6. The molecule has 54 heavy (non-hydrogen) atoms. The highest BCUT2D eigenvalue weighted by Crippen LogP contribution is 2.54. The molecule has 2 heterocycles. The van der Waals surface area contributed by atoms with Gasteiger partial charge in [0.1, 0.15) is 11.2 Å². The fourth-order valence-corrected chi connectivity index (χ4v) is 8.71. The van der Waals surface area contributed by atoms with Crippen molar-refractivity contribution in [1.29, 1.82) is 0 Å². The molecule has 1 aliphatic rings. The number of hydrogen-bond donors (Lipinski definition) is 0. The van der Waals surface area contributed by atoms with Gasteiger partial charge in [-0.2, -0.15) is 0 Å². The van der Waals surface area contributed by atoms with E-state index in [0.717, 1.165) is 55.6 Å². The van der Waals surface area contributed by atoms with Crippen LogP contribution in [0.15, 0.2) is 174 Å². The van der Waals surface area contributed by atoms with Crippen LogP contribution in [0.1, 0.15) is 25.0 Å². The molecular weight excluding hydrogens is 657 g/mol. The predicted octanol–water partition coefficient (Wildman–Crippen LogP) is 13.7. The number of rotatable bonds is 4. The van der Waals surface area contributed by atoms with E-state index in [-0.39, 0.29) is 5.41 Å². The SMILES string of the molecule is CC1(C)c2cc3ccccc3cc2-c2c(-c3ccccc3-c3cc(-c4ccc5c(c4)oc4cc6ccccc6cc45)nc(-c4ccccc4)n3)cccc21. The quantitative estimate of drug-likeness (QED) is 0.184. The van der Waals surface area contributed by atoms with E-state index in [1.54, 1.807) is 0 Å². The Labute approximate surface area is 313 Å². The van der Waals surface area contributed by atoms with Crippen LogP contribution in [0.25, 0.3) is 99.6 Å². The van der Waals surface area contributed by atoms with Crippen molar-refractivity contribution in [2.24, 2.45) is 0 Å². The molecule has 3 nitrogen and oxygen atoms in total. The molecule has 0 unspecified atom stereocenters. The van der Waals surface area contributed by atoms with E-state index < -0.39 is 0 Å². The molecule has 0 N–H and O–H groups in total. The molecule has 0 spiro atoms. The van der Waals surface area contributed by atoms with E-state index in [1.165, 1.54) is 49.4 Å². The number of hydrogen-bond acceptors (Lipinski definition) is 3. The summed E-state index contributed by atoms with van der Waals surface area (Å²) in [6.07, 6.45) is 0. The summed E-state index contributed by atoms with van der Waals surface area (Å²) in [6.45, 7) is 4.71. The van der Waals surface area contributed by atoms with Crippen molar-refractivity contribution in [3.05, 3.63) is 181 Å². The largest absolute Gasteiger partial charge is 0.456 e. The molecule has 0 saturated carbocycles. The first kappa shape index (κ1) is 30.8. The van der Waals surface area contributed by atoms with Gasteiger partial charge in [0, 0.05) is 32.9 Å². The summed E-state index contributed by atoms with van der Waals surface area (Å²) in [4.78, 5) is 10.5. The molecule has 11 rings (SSSR count). The average molecular weight is 691 g/mol. The van der Waals surface area contributed by atoms with Crippen LogP contribution < -0.4 is 0 Å². The second-order valence-corrected chi connectivity index (χ2v) is 15.0. The first-order valence-corrected chi connectivity index (χ1v) is 18.6. The van der Waals surface area contributed by atoms with Crippen LogP contribution in [-0.4, -0.2) is 9.97 Å². The van der Waals surface area contributed by atoms with E-state index >= 15 is 0 Å². The second-order valence-electron chi connectivity index (χ2n) is 15.0. The first-order chi connectivity index (χ1) is 26.5. The van der Waals surface area contributed by atoms with Crippen LogP contribution in [0, 0.1) is 0 Å². The first-order valence-electron chi connectivity index (χ1n) is 18.6. The van der Waals surface area contributed by atoms with Crippen molar-refractivity contribution in [3.8, 4) is 56.2 Å². The highest BCUT2D eigenvalue weighted by molar-refractivity contribution is 6.10. The van der Waals surface area contributed by atoms with Crippen molar-refractivity contribution in [1.82, 2.24) is 9.97 Å². The zero-order valence-electron chi connectivity index (χ0n) is 30.0. The van der Waals surface area contributed by atoms with E-state index in [0.29, 0.717) is 5.82 Å². The molecule has 0 aliphatic heterocycles. The van der Waals surface area contributed by atoms with Crippen LogP contribution in [0.5, 0.6) is 0 Å². The second kappa shape index (κ2) is 11.6. The van der Waals surface area contributed by atoms with Gasteiger partial charge in [-0.1, -0.05) is 141 Å². The van der Waals surface area contributed by atoms with Gasteiger partial charge in [-0.05, 0) is 97.4 Å². The molecule has 2 aromatic heterocycles. The molecule has 1 aliphatic carbocycles. The van der Waals surface area contributed by atoms with Gasteiger partial charge in [0.05, 0.1) is 11.4 Å². The number of benzene rings is 8. The third-order valence-electron chi connectivity index (χ3n) is 11.5. The van der Waals surface area contributed by atoms with E-state index in [9.17, 15) is 0 Å². The molecule has 0 saturated heterocycles.